The van der Waals surface area contributed by atoms with Crippen molar-refractivity contribution in [2.45, 2.75) is 13.0 Å². The zero-order valence-corrected chi connectivity index (χ0v) is 12.5. The van der Waals surface area contributed by atoms with Crippen molar-refractivity contribution in [3.05, 3.63) is 34.4 Å². The number of hydrogen-bond donors (Lipinski definition) is 1. The van der Waals surface area contributed by atoms with Crippen LogP contribution in [0, 0.1) is 16.0 Å². The number of rotatable bonds is 4. The van der Waals surface area contributed by atoms with Crippen molar-refractivity contribution in [1.82, 2.24) is 5.43 Å². The molecule has 2 aliphatic rings. The zero-order chi connectivity index (χ0) is 17.4. The van der Waals surface area contributed by atoms with E-state index < -0.39 is 34.7 Å². The number of anilines is 1. The molecule has 2 amide bonds. The molecule has 10 nitrogen and oxygen atoms in total. The fourth-order valence-corrected chi connectivity index (χ4v) is 2.64. The van der Waals surface area contributed by atoms with Gasteiger partial charge >= 0.3 is 5.97 Å². The molecule has 0 aromatic heterocycles. The van der Waals surface area contributed by atoms with Crippen molar-refractivity contribution in [2.24, 2.45) is 11.0 Å². The second-order valence-corrected chi connectivity index (χ2v) is 5.09. The van der Waals surface area contributed by atoms with E-state index in [1.54, 1.807) is 6.92 Å². The Balaban J connectivity index is 1.89. The maximum Gasteiger partial charge on any atom is 0.355 e. The summed E-state index contributed by atoms with van der Waals surface area (Å²) in [6.45, 7) is 1.73. The number of carbonyl (C=O) groups excluding carboxylic acids is 3. The van der Waals surface area contributed by atoms with Gasteiger partial charge in [-0.3, -0.25) is 25.1 Å². The lowest BCUT2D eigenvalue weighted by atomic mass is 9.99. The number of nitrogens with one attached hydrogen (secondary N) is 1. The van der Waals surface area contributed by atoms with Gasteiger partial charge < -0.3 is 4.74 Å². The number of nitrogens with zero attached hydrogens (tertiary/aromatic N) is 3. The Hall–Kier alpha value is -3.30. The Labute approximate surface area is 135 Å². The zero-order valence-electron chi connectivity index (χ0n) is 12.5. The van der Waals surface area contributed by atoms with Crippen LogP contribution in [-0.4, -0.2) is 41.1 Å². The van der Waals surface area contributed by atoms with Gasteiger partial charge in [0, 0.05) is 12.1 Å². The Morgan fingerprint density at radius 2 is 2.00 bits per heavy atom. The van der Waals surface area contributed by atoms with E-state index in [2.05, 4.69) is 10.5 Å². The van der Waals surface area contributed by atoms with Gasteiger partial charge in [0.25, 0.3) is 11.6 Å². The SMILES string of the molecule is CCOC(=O)C1=NN[C@@H]2C(=O)N(c3ccc([N+](=O)[O-])cc3)C(=O)[C@@H]12. The molecule has 0 bridgehead atoms. The van der Waals surface area contributed by atoms with Crippen molar-refractivity contribution in [1.29, 1.82) is 0 Å². The summed E-state index contributed by atoms with van der Waals surface area (Å²) in [5, 5.41) is 14.4. The normalized spacial score (nSPS) is 22.0. The first-order valence-corrected chi connectivity index (χ1v) is 7.08. The monoisotopic (exact) mass is 332 g/mol. The second kappa shape index (κ2) is 5.72. The van der Waals surface area contributed by atoms with E-state index in [1.165, 1.54) is 24.3 Å². The molecule has 24 heavy (non-hydrogen) atoms. The van der Waals surface area contributed by atoms with E-state index in [1.807, 2.05) is 0 Å². The molecule has 124 valence electrons. The van der Waals surface area contributed by atoms with Gasteiger partial charge in [-0.1, -0.05) is 0 Å². The van der Waals surface area contributed by atoms with Crippen molar-refractivity contribution < 1.29 is 24.0 Å². The summed E-state index contributed by atoms with van der Waals surface area (Å²) in [6.07, 6.45) is 0. The van der Waals surface area contributed by atoms with Gasteiger partial charge in [0.05, 0.1) is 17.2 Å². The Bertz CT molecular complexity index is 772. The molecule has 0 unspecified atom stereocenters. The van der Waals surface area contributed by atoms with Crippen LogP contribution in [0.25, 0.3) is 0 Å². The maximum absolute atomic E-state index is 12.6. The lowest BCUT2D eigenvalue weighted by Gasteiger charge is -2.15. The lowest BCUT2D eigenvalue weighted by Crippen LogP contribution is -2.36. The fraction of sp³-hybridized carbons (Fsp3) is 0.286. The maximum atomic E-state index is 12.6. The van der Waals surface area contributed by atoms with Gasteiger partial charge in [-0.2, -0.15) is 5.10 Å². The van der Waals surface area contributed by atoms with Gasteiger partial charge in [-0.05, 0) is 19.1 Å². The first-order chi connectivity index (χ1) is 11.5. The lowest BCUT2D eigenvalue weighted by molar-refractivity contribution is -0.384. The molecule has 1 fully saturated rings. The van der Waals surface area contributed by atoms with E-state index in [4.69, 9.17) is 4.74 Å². The molecule has 0 spiro atoms. The predicted octanol–water partition coefficient (Wildman–Crippen LogP) is -0.0249. The molecule has 2 aliphatic heterocycles. The summed E-state index contributed by atoms with van der Waals surface area (Å²) >= 11 is 0. The quantitative estimate of drug-likeness (QED) is 0.354. The van der Waals surface area contributed by atoms with E-state index in [9.17, 15) is 24.5 Å². The molecule has 1 aromatic rings. The van der Waals surface area contributed by atoms with Crippen LogP contribution in [0.15, 0.2) is 29.4 Å². The summed E-state index contributed by atoms with van der Waals surface area (Å²) in [5.41, 5.74) is 2.36. The van der Waals surface area contributed by atoms with Crippen LogP contribution < -0.4 is 10.3 Å². The summed E-state index contributed by atoms with van der Waals surface area (Å²) in [6, 6.07) is 4.01. The molecule has 1 saturated heterocycles. The van der Waals surface area contributed by atoms with Gasteiger partial charge in [0.1, 0.15) is 12.0 Å². The number of carbonyl (C=O) groups is 3. The van der Waals surface area contributed by atoms with Gasteiger partial charge in [-0.25, -0.2) is 9.69 Å². The minimum Gasteiger partial charge on any atom is -0.461 e. The van der Waals surface area contributed by atoms with Crippen LogP contribution >= 0.6 is 0 Å². The van der Waals surface area contributed by atoms with E-state index in [0.717, 1.165) is 4.90 Å². The standard InChI is InChI=1S/C14H12N4O6/c1-2-24-14(21)11-9-10(15-16-11)13(20)17(12(9)19)7-3-5-8(6-4-7)18(22)23/h3-6,9-10,15H,2H2,1H3/t9-,10+/m1/s1. The first-order valence-electron chi connectivity index (χ1n) is 7.08. The number of esters is 1. The number of nitro benzene ring substituents is 1. The molecule has 1 aromatic carbocycles. The highest BCUT2D eigenvalue weighted by Crippen LogP contribution is 2.31. The third kappa shape index (κ3) is 2.28. The van der Waals surface area contributed by atoms with Gasteiger partial charge in [-0.15, -0.1) is 0 Å². The molecule has 2 heterocycles. The molecule has 3 rings (SSSR count). The molecule has 0 saturated carbocycles. The number of hydrogen-bond acceptors (Lipinski definition) is 8. The van der Waals surface area contributed by atoms with E-state index in [0.29, 0.717) is 0 Å². The molecule has 2 atom stereocenters. The topological polar surface area (TPSA) is 131 Å². The molecular formula is C14H12N4O6. The summed E-state index contributed by atoms with van der Waals surface area (Å²) in [4.78, 5) is 47.8. The number of benzene rings is 1. The number of nitro groups is 1. The number of amides is 2. The highest BCUT2D eigenvalue weighted by atomic mass is 16.6. The summed E-state index contributed by atoms with van der Waals surface area (Å²) in [7, 11) is 0. The van der Waals surface area contributed by atoms with E-state index >= 15 is 0 Å². The van der Waals surface area contributed by atoms with Gasteiger partial charge in [0.2, 0.25) is 5.91 Å². The Morgan fingerprint density at radius 1 is 1.33 bits per heavy atom. The largest absolute Gasteiger partial charge is 0.461 e. The number of fused-ring (bicyclic) bond motifs is 1. The summed E-state index contributed by atoms with van der Waals surface area (Å²) < 4.78 is 4.83. The van der Waals surface area contributed by atoms with Crippen LogP contribution in [-0.2, 0) is 19.1 Å². The molecule has 1 N–H and O–H groups in total. The number of hydrazone groups is 1. The number of non-ortho nitro benzene ring substituents is 1. The van der Waals surface area contributed by atoms with Crippen molar-refractivity contribution in [2.75, 3.05) is 11.5 Å². The van der Waals surface area contributed by atoms with Crippen LogP contribution in [0.2, 0.25) is 0 Å². The smallest absolute Gasteiger partial charge is 0.355 e. The van der Waals surface area contributed by atoms with Crippen LogP contribution in [0.5, 0.6) is 0 Å². The number of ether oxygens (including phenoxy) is 1. The Kier molecular flexibility index (Phi) is 3.72. The van der Waals surface area contributed by atoms with Crippen molar-refractivity contribution in [3.8, 4) is 0 Å². The second-order valence-electron chi connectivity index (χ2n) is 5.09. The van der Waals surface area contributed by atoms with Crippen LogP contribution in [0.1, 0.15) is 6.92 Å². The fourth-order valence-electron chi connectivity index (χ4n) is 2.64. The van der Waals surface area contributed by atoms with Crippen molar-refractivity contribution >= 4 is 34.9 Å². The minimum atomic E-state index is -1.06. The third-order valence-electron chi connectivity index (χ3n) is 3.73. The number of imide groups is 1. The predicted molar refractivity (Wildman–Crippen MR) is 80.1 cm³/mol. The van der Waals surface area contributed by atoms with Crippen LogP contribution in [0.3, 0.4) is 0 Å². The third-order valence-corrected chi connectivity index (χ3v) is 3.73. The molecule has 0 aliphatic carbocycles. The van der Waals surface area contributed by atoms with Crippen LogP contribution in [0.4, 0.5) is 11.4 Å². The molecular weight excluding hydrogens is 320 g/mol. The Morgan fingerprint density at radius 3 is 2.58 bits per heavy atom. The average Bonchev–Trinajstić information content (AvgIpc) is 3.09. The minimum absolute atomic E-state index is 0.115. The van der Waals surface area contributed by atoms with E-state index in [-0.39, 0.29) is 23.7 Å². The van der Waals surface area contributed by atoms with Crippen molar-refractivity contribution in [3.63, 3.8) is 0 Å². The highest BCUT2D eigenvalue weighted by molar-refractivity contribution is 6.46. The molecule has 0 radical (unpaired) electrons. The summed E-state index contributed by atoms with van der Waals surface area (Å²) in [5.74, 6) is -3.03. The van der Waals surface area contributed by atoms with Gasteiger partial charge in [0.15, 0.2) is 5.71 Å². The molecule has 10 heteroatoms. The average molecular weight is 332 g/mol. The highest BCUT2D eigenvalue weighted by Gasteiger charge is 2.55. The first kappa shape index (κ1) is 15.6.